The SMILES string of the molecule is CNc1cc(-c2cncc(NCC3CCOC(C)(C)C3)n2)c(Cl)cn1. The van der Waals surface area contributed by atoms with Crippen LogP contribution in [0.5, 0.6) is 0 Å². The molecule has 1 fully saturated rings. The number of hydrogen-bond acceptors (Lipinski definition) is 6. The summed E-state index contributed by atoms with van der Waals surface area (Å²) in [5.74, 6) is 2.05. The number of hydrogen-bond donors (Lipinski definition) is 2. The summed E-state index contributed by atoms with van der Waals surface area (Å²) in [6.45, 7) is 5.95. The van der Waals surface area contributed by atoms with E-state index in [1.54, 1.807) is 18.6 Å². The quantitative estimate of drug-likeness (QED) is 0.842. The van der Waals surface area contributed by atoms with Gasteiger partial charge >= 0.3 is 0 Å². The highest BCUT2D eigenvalue weighted by atomic mass is 35.5. The Hall–Kier alpha value is -1.92. The van der Waals surface area contributed by atoms with Crippen LogP contribution in [-0.4, -0.2) is 40.8 Å². The maximum Gasteiger partial charge on any atom is 0.145 e. The summed E-state index contributed by atoms with van der Waals surface area (Å²) in [5, 5.41) is 6.97. The molecule has 1 unspecified atom stereocenters. The van der Waals surface area contributed by atoms with Crippen molar-refractivity contribution in [2.75, 3.05) is 30.8 Å². The number of halogens is 1. The average Bonchev–Trinajstić information content (AvgIpc) is 2.60. The van der Waals surface area contributed by atoms with Crippen molar-refractivity contribution in [2.45, 2.75) is 32.3 Å². The predicted octanol–water partition coefficient (Wildman–Crippen LogP) is 3.85. The van der Waals surface area contributed by atoms with E-state index >= 15 is 0 Å². The van der Waals surface area contributed by atoms with E-state index in [4.69, 9.17) is 16.3 Å². The summed E-state index contributed by atoms with van der Waals surface area (Å²) in [5.41, 5.74) is 1.48. The standard InChI is InChI=1S/C18H24ClN5O/c1-18(2)7-12(4-5-25-18)8-22-17-11-21-10-15(24-17)13-6-16(20-3)23-9-14(13)19/h6,9-12H,4-5,7-8H2,1-3H3,(H,20,23)(H,22,24). The van der Waals surface area contributed by atoms with E-state index in [1.807, 2.05) is 13.1 Å². The molecule has 1 saturated heterocycles. The smallest absolute Gasteiger partial charge is 0.145 e. The van der Waals surface area contributed by atoms with Crippen LogP contribution in [0.2, 0.25) is 5.02 Å². The highest BCUT2D eigenvalue weighted by Gasteiger charge is 2.28. The van der Waals surface area contributed by atoms with Crippen LogP contribution >= 0.6 is 11.6 Å². The molecule has 0 bridgehead atoms. The number of anilines is 2. The van der Waals surface area contributed by atoms with E-state index in [0.717, 1.165) is 48.9 Å². The molecule has 2 N–H and O–H groups in total. The third kappa shape index (κ3) is 4.58. The zero-order chi connectivity index (χ0) is 17.9. The zero-order valence-corrected chi connectivity index (χ0v) is 15.6. The molecule has 25 heavy (non-hydrogen) atoms. The maximum atomic E-state index is 6.28. The molecule has 0 spiro atoms. The molecule has 134 valence electrons. The van der Waals surface area contributed by atoms with Gasteiger partial charge in [0.1, 0.15) is 11.6 Å². The fourth-order valence-electron chi connectivity index (χ4n) is 3.13. The van der Waals surface area contributed by atoms with Crippen LogP contribution in [0.3, 0.4) is 0 Å². The first-order valence-electron chi connectivity index (χ1n) is 8.50. The van der Waals surface area contributed by atoms with Crippen molar-refractivity contribution < 1.29 is 4.74 Å². The highest BCUT2D eigenvalue weighted by molar-refractivity contribution is 6.33. The van der Waals surface area contributed by atoms with Gasteiger partial charge in [0, 0.05) is 32.0 Å². The molecule has 0 amide bonds. The molecule has 0 aromatic carbocycles. The molecule has 0 radical (unpaired) electrons. The van der Waals surface area contributed by atoms with Gasteiger partial charge in [0.15, 0.2) is 0 Å². The lowest BCUT2D eigenvalue weighted by Gasteiger charge is -2.35. The van der Waals surface area contributed by atoms with Crippen molar-refractivity contribution in [3.05, 3.63) is 29.7 Å². The minimum Gasteiger partial charge on any atom is -0.376 e. The molecule has 1 aliphatic heterocycles. The summed E-state index contributed by atoms with van der Waals surface area (Å²) >= 11 is 6.28. The molecule has 7 heteroatoms. The molecular formula is C18H24ClN5O. The number of pyridine rings is 1. The van der Waals surface area contributed by atoms with Crippen LogP contribution in [0.15, 0.2) is 24.7 Å². The van der Waals surface area contributed by atoms with Crippen LogP contribution in [-0.2, 0) is 4.74 Å². The zero-order valence-electron chi connectivity index (χ0n) is 14.8. The molecule has 2 aromatic rings. The van der Waals surface area contributed by atoms with Gasteiger partial charge in [-0.25, -0.2) is 9.97 Å². The van der Waals surface area contributed by atoms with Gasteiger partial charge in [0.2, 0.25) is 0 Å². The van der Waals surface area contributed by atoms with Crippen LogP contribution in [0.1, 0.15) is 26.7 Å². The summed E-state index contributed by atoms with van der Waals surface area (Å²) in [6.07, 6.45) is 7.17. The number of rotatable bonds is 5. The Kier molecular flexibility index (Phi) is 5.39. The topological polar surface area (TPSA) is 72.0 Å². The lowest BCUT2D eigenvalue weighted by atomic mass is 9.88. The van der Waals surface area contributed by atoms with Crippen LogP contribution in [0.25, 0.3) is 11.3 Å². The van der Waals surface area contributed by atoms with Gasteiger partial charge in [0.05, 0.1) is 28.7 Å². The Balaban J connectivity index is 1.72. The normalized spacial score (nSPS) is 19.4. The van der Waals surface area contributed by atoms with E-state index in [9.17, 15) is 0 Å². The summed E-state index contributed by atoms with van der Waals surface area (Å²) in [6, 6.07) is 1.87. The Morgan fingerprint density at radius 2 is 2.12 bits per heavy atom. The van der Waals surface area contributed by atoms with Gasteiger partial charge in [-0.1, -0.05) is 11.6 Å². The maximum absolute atomic E-state index is 6.28. The van der Waals surface area contributed by atoms with Crippen molar-refractivity contribution in [1.82, 2.24) is 15.0 Å². The van der Waals surface area contributed by atoms with Gasteiger partial charge in [0.25, 0.3) is 0 Å². The van der Waals surface area contributed by atoms with Crippen LogP contribution < -0.4 is 10.6 Å². The third-order valence-corrected chi connectivity index (χ3v) is 4.69. The number of aromatic nitrogens is 3. The first-order valence-corrected chi connectivity index (χ1v) is 8.88. The van der Waals surface area contributed by atoms with E-state index in [2.05, 4.69) is 39.4 Å². The van der Waals surface area contributed by atoms with Crippen molar-refractivity contribution in [1.29, 1.82) is 0 Å². The van der Waals surface area contributed by atoms with E-state index in [1.165, 1.54) is 0 Å². The first-order chi connectivity index (χ1) is 12.0. The van der Waals surface area contributed by atoms with E-state index in [-0.39, 0.29) is 5.60 Å². The van der Waals surface area contributed by atoms with Crippen LogP contribution in [0.4, 0.5) is 11.6 Å². The Morgan fingerprint density at radius 1 is 1.28 bits per heavy atom. The van der Waals surface area contributed by atoms with Gasteiger partial charge in [-0.15, -0.1) is 0 Å². The molecule has 6 nitrogen and oxygen atoms in total. The monoisotopic (exact) mass is 361 g/mol. The average molecular weight is 362 g/mol. The summed E-state index contributed by atoms with van der Waals surface area (Å²) < 4.78 is 5.78. The highest BCUT2D eigenvalue weighted by Crippen LogP contribution is 2.30. The summed E-state index contributed by atoms with van der Waals surface area (Å²) in [7, 11) is 1.82. The fourth-order valence-corrected chi connectivity index (χ4v) is 3.33. The molecule has 0 aliphatic carbocycles. The third-order valence-electron chi connectivity index (χ3n) is 4.39. The molecule has 3 heterocycles. The lowest BCUT2D eigenvalue weighted by Crippen LogP contribution is -2.36. The second-order valence-electron chi connectivity index (χ2n) is 6.94. The minimum atomic E-state index is -0.0494. The lowest BCUT2D eigenvalue weighted by molar-refractivity contribution is -0.0699. The van der Waals surface area contributed by atoms with Gasteiger partial charge < -0.3 is 15.4 Å². The number of nitrogens with one attached hydrogen (secondary N) is 2. The first kappa shape index (κ1) is 17.9. The number of ether oxygens (including phenoxy) is 1. The van der Waals surface area contributed by atoms with E-state index < -0.39 is 0 Å². The molecule has 2 aromatic heterocycles. The van der Waals surface area contributed by atoms with Crippen molar-refractivity contribution in [2.24, 2.45) is 5.92 Å². The molecule has 1 aliphatic rings. The van der Waals surface area contributed by atoms with Crippen molar-refractivity contribution >= 4 is 23.2 Å². The minimum absolute atomic E-state index is 0.0494. The van der Waals surface area contributed by atoms with Crippen molar-refractivity contribution in [3.63, 3.8) is 0 Å². The molecule has 3 rings (SSSR count). The largest absolute Gasteiger partial charge is 0.376 e. The van der Waals surface area contributed by atoms with Gasteiger partial charge in [-0.05, 0) is 38.7 Å². The Labute approximate surface area is 153 Å². The van der Waals surface area contributed by atoms with Gasteiger partial charge in [-0.2, -0.15) is 0 Å². The molecular weight excluding hydrogens is 338 g/mol. The molecule has 1 atom stereocenters. The second kappa shape index (κ2) is 7.54. The molecule has 0 saturated carbocycles. The van der Waals surface area contributed by atoms with E-state index in [0.29, 0.717) is 10.9 Å². The predicted molar refractivity (Wildman–Crippen MR) is 101 cm³/mol. The van der Waals surface area contributed by atoms with Crippen LogP contribution in [0, 0.1) is 5.92 Å². The summed E-state index contributed by atoms with van der Waals surface area (Å²) in [4.78, 5) is 13.2. The van der Waals surface area contributed by atoms with Crippen molar-refractivity contribution in [3.8, 4) is 11.3 Å². The second-order valence-corrected chi connectivity index (χ2v) is 7.34. The number of nitrogens with zero attached hydrogens (tertiary/aromatic N) is 3. The Bertz CT molecular complexity index is 737. The fraction of sp³-hybridized carbons (Fsp3) is 0.500. The Morgan fingerprint density at radius 3 is 2.88 bits per heavy atom. The van der Waals surface area contributed by atoms with Gasteiger partial charge in [-0.3, -0.25) is 4.98 Å².